The number of benzene rings is 2. The lowest BCUT2D eigenvalue weighted by Gasteiger charge is -2.19. The Balaban J connectivity index is 1.90. The molecule has 12 nitrogen and oxygen atoms in total. The van der Waals surface area contributed by atoms with Crippen LogP contribution < -0.4 is 16.0 Å². The van der Waals surface area contributed by atoms with E-state index in [4.69, 9.17) is 9.47 Å². The maximum atomic E-state index is 12.5. The molecule has 38 heavy (non-hydrogen) atoms. The molecular formula is C26H30N6O6. The molecule has 1 aromatic heterocycles. The van der Waals surface area contributed by atoms with Crippen LogP contribution in [0.5, 0.6) is 0 Å². The summed E-state index contributed by atoms with van der Waals surface area (Å²) in [6.07, 6.45) is 0.595. The Bertz CT molecular complexity index is 1130. The Hall–Kier alpha value is -4.74. The molecule has 3 aromatic rings. The Morgan fingerprint density at radius 3 is 1.47 bits per heavy atom. The summed E-state index contributed by atoms with van der Waals surface area (Å²) in [4.78, 5) is 49.7. The van der Waals surface area contributed by atoms with Crippen LogP contribution in [-0.4, -0.2) is 72.8 Å². The molecule has 0 unspecified atom stereocenters. The van der Waals surface area contributed by atoms with E-state index in [0.717, 1.165) is 11.1 Å². The lowest BCUT2D eigenvalue weighted by Crippen LogP contribution is -2.35. The zero-order valence-corrected chi connectivity index (χ0v) is 21.3. The van der Waals surface area contributed by atoms with Crippen molar-refractivity contribution in [2.45, 2.75) is 24.9 Å². The molecule has 1 heterocycles. The Kier molecular flexibility index (Phi) is 10.3. The fraction of sp³-hybridized carbons (Fsp3) is 0.308. The summed E-state index contributed by atoms with van der Waals surface area (Å²) in [5, 5.41) is 8.71. The van der Waals surface area contributed by atoms with Crippen molar-refractivity contribution < 1.29 is 28.6 Å². The standard InChI is InChI=1S/C26H30N6O6/c1-36-21(33)16-27-24-30-25(28-19(22(34)37-2)14-17-10-6-4-7-11-17)32-26(31-24)29-20(23(35)38-3)15-18-12-8-5-9-13-18/h4-13,19-20H,14-16H2,1-3H3,(H3,27,28,29,30,31,32)/t19-,20-/m0/s1. The van der Waals surface area contributed by atoms with Crippen LogP contribution in [0.3, 0.4) is 0 Å². The quantitative estimate of drug-likeness (QED) is 0.222. The molecule has 0 saturated carbocycles. The second kappa shape index (κ2) is 14.1. The van der Waals surface area contributed by atoms with Crippen molar-refractivity contribution >= 4 is 35.8 Å². The summed E-state index contributed by atoms with van der Waals surface area (Å²) in [5.74, 6) is -1.53. The summed E-state index contributed by atoms with van der Waals surface area (Å²) in [6.45, 7) is -0.214. The average Bonchev–Trinajstić information content (AvgIpc) is 2.95. The average molecular weight is 523 g/mol. The zero-order valence-electron chi connectivity index (χ0n) is 21.3. The fourth-order valence-corrected chi connectivity index (χ4v) is 3.49. The van der Waals surface area contributed by atoms with E-state index in [-0.39, 0.29) is 24.4 Å². The number of carbonyl (C=O) groups is 3. The molecule has 3 N–H and O–H groups in total. The smallest absolute Gasteiger partial charge is 0.328 e. The first-order chi connectivity index (χ1) is 18.4. The second-order valence-electron chi connectivity index (χ2n) is 8.06. The molecule has 0 amide bonds. The summed E-state index contributed by atoms with van der Waals surface area (Å²) in [5.41, 5.74) is 1.78. The monoisotopic (exact) mass is 522 g/mol. The molecule has 0 aliphatic carbocycles. The van der Waals surface area contributed by atoms with Gasteiger partial charge in [0.15, 0.2) is 0 Å². The molecule has 0 radical (unpaired) electrons. The Morgan fingerprint density at radius 1 is 0.658 bits per heavy atom. The summed E-state index contributed by atoms with van der Waals surface area (Å²) in [7, 11) is 3.83. The molecule has 12 heteroatoms. The van der Waals surface area contributed by atoms with Gasteiger partial charge >= 0.3 is 17.9 Å². The van der Waals surface area contributed by atoms with Gasteiger partial charge in [-0.2, -0.15) is 15.0 Å². The van der Waals surface area contributed by atoms with E-state index >= 15 is 0 Å². The molecule has 0 aliphatic rings. The maximum Gasteiger partial charge on any atom is 0.328 e. The summed E-state index contributed by atoms with van der Waals surface area (Å²) >= 11 is 0. The van der Waals surface area contributed by atoms with Gasteiger partial charge in [0.25, 0.3) is 0 Å². The SMILES string of the molecule is COC(=O)CNc1nc(N[C@@H](Cc2ccccc2)C(=O)OC)nc(N[C@@H](Cc2ccccc2)C(=O)OC)n1. The molecule has 0 saturated heterocycles. The molecule has 0 aliphatic heterocycles. The van der Waals surface area contributed by atoms with Gasteiger partial charge in [-0.1, -0.05) is 60.7 Å². The van der Waals surface area contributed by atoms with Crippen LogP contribution in [0.1, 0.15) is 11.1 Å². The van der Waals surface area contributed by atoms with Crippen LogP contribution in [0.25, 0.3) is 0 Å². The molecular weight excluding hydrogens is 492 g/mol. The van der Waals surface area contributed by atoms with E-state index in [1.165, 1.54) is 21.3 Å². The van der Waals surface area contributed by atoms with E-state index < -0.39 is 30.0 Å². The number of hydrogen-bond acceptors (Lipinski definition) is 12. The Morgan fingerprint density at radius 2 is 1.08 bits per heavy atom. The highest BCUT2D eigenvalue weighted by atomic mass is 16.5. The minimum Gasteiger partial charge on any atom is -0.468 e. The number of ether oxygens (including phenoxy) is 3. The molecule has 0 spiro atoms. The number of esters is 3. The molecule has 0 bridgehead atoms. The van der Waals surface area contributed by atoms with Crippen molar-refractivity contribution in [3.63, 3.8) is 0 Å². The van der Waals surface area contributed by atoms with Gasteiger partial charge in [0.1, 0.15) is 18.6 Å². The van der Waals surface area contributed by atoms with Crippen molar-refractivity contribution in [3.05, 3.63) is 71.8 Å². The molecule has 0 fully saturated rings. The summed E-state index contributed by atoms with van der Waals surface area (Å²) < 4.78 is 14.6. The Labute approximate surface area is 220 Å². The first kappa shape index (κ1) is 27.8. The van der Waals surface area contributed by atoms with Crippen LogP contribution in [0, 0.1) is 0 Å². The summed E-state index contributed by atoms with van der Waals surface area (Å²) in [6, 6.07) is 17.1. The van der Waals surface area contributed by atoms with Crippen molar-refractivity contribution in [1.29, 1.82) is 0 Å². The van der Waals surface area contributed by atoms with Crippen LogP contribution in [0.15, 0.2) is 60.7 Å². The number of nitrogens with one attached hydrogen (secondary N) is 3. The molecule has 2 aromatic carbocycles. The van der Waals surface area contributed by atoms with Gasteiger partial charge in [-0.25, -0.2) is 9.59 Å². The predicted octanol–water partition coefficient (Wildman–Crippen LogP) is 1.85. The van der Waals surface area contributed by atoms with Gasteiger partial charge in [-0.3, -0.25) is 4.79 Å². The van der Waals surface area contributed by atoms with Gasteiger partial charge in [-0.05, 0) is 11.1 Å². The van der Waals surface area contributed by atoms with Crippen LogP contribution >= 0.6 is 0 Å². The van der Waals surface area contributed by atoms with E-state index in [1.807, 2.05) is 60.7 Å². The van der Waals surface area contributed by atoms with Crippen molar-refractivity contribution in [1.82, 2.24) is 15.0 Å². The highest BCUT2D eigenvalue weighted by molar-refractivity contribution is 5.80. The molecule has 200 valence electrons. The van der Waals surface area contributed by atoms with Crippen LogP contribution in [0.4, 0.5) is 17.8 Å². The number of aromatic nitrogens is 3. The third-order valence-corrected chi connectivity index (χ3v) is 5.40. The third kappa shape index (κ3) is 8.43. The van der Waals surface area contributed by atoms with E-state index in [9.17, 15) is 14.4 Å². The lowest BCUT2D eigenvalue weighted by atomic mass is 10.1. The normalized spacial score (nSPS) is 12.0. The number of carbonyl (C=O) groups excluding carboxylic acids is 3. The zero-order chi connectivity index (χ0) is 27.3. The molecule has 2 atom stereocenters. The lowest BCUT2D eigenvalue weighted by molar-refractivity contribution is -0.142. The number of methoxy groups -OCH3 is 3. The van der Waals surface area contributed by atoms with E-state index in [2.05, 4.69) is 35.6 Å². The highest BCUT2D eigenvalue weighted by Crippen LogP contribution is 2.16. The number of anilines is 3. The van der Waals surface area contributed by atoms with Gasteiger partial charge in [-0.15, -0.1) is 0 Å². The van der Waals surface area contributed by atoms with Gasteiger partial charge in [0, 0.05) is 12.8 Å². The number of rotatable bonds is 13. The topological polar surface area (TPSA) is 154 Å². The first-order valence-electron chi connectivity index (χ1n) is 11.7. The second-order valence-corrected chi connectivity index (χ2v) is 8.06. The highest BCUT2D eigenvalue weighted by Gasteiger charge is 2.24. The van der Waals surface area contributed by atoms with Crippen LogP contribution in [-0.2, 0) is 41.4 Å². The largest absolute Gasteiger partial charge is 0.468 e. The van der Waals surface area contributed by atoms with Gasteiger partial charge in [0.2, 0.25) is 17.8 Å². The van der Waals surface area contributed by atoms with E-state index in [1.54, 1.807) is 0 Å². The van der Waals surface area contributed by atoms with E-state index in [0.29, 0.717) is 12.8 Å². The first-order valence-corrected chi connectivity index (χ1v) is 11.7. The van der Waals surface area contributed by atoms with Crippen molar-refractivity contribution in [3.8, 4) is 0 Å². The van der Waals surface area contributed by atoms with Gasteiger partial charge < -0.3 is 30.2 Å². The minimum atomic E-state index is -0.827. The maximum absolute atomic E-state index is 12.5. The minimum absolute atomic E-state index is 0.0158. The number of hydrogen-bond donors (Lipinski definition) is 3. The van der Waals surface area contributed by atoms with Crippen molar-refractivity contribution in [2.24, 2.45) is 0 Å². The van der Waals surface area contributed by atoms with Crippen LogP contribution in [0.2, 0.25) is 0 Å². The number of nitrogens with zero attached hydrogens (tertiary/aromatic N) is 3. The predicted molar refractivity (Wildman–Crippen MR) is 139 cm³/mol. The fourth-order valence-electron chi connectivity index (χ4n) is 3.49. The van der Waals surface area contributed by atoms with Gasteiger partial charge in [0.05, 0.1) is 21.3 Å². The molecule has 3 rings (SSSR count). The van der Waals surface area contributed by atoms with Crippen molar-refractivity contribution in [2.75, 3.05) is 43.8 Å². The third-order valence-electron chi connectivity index (χ3n) is 5.40.